The molecule has 0 amide bonds. The van der Waals surface area contributed by atoms with E-state index in [4.69, 9.17) is 9.15 Å². The summed E-state index contributed by atoms with van der Waals surface area (Å²) in [5.41, 5.74) is 0.929. The van der Waals surface area contributed by atoms with Gasteiger partial charge >= 0.3 is 0 Å². The number of halogens is 1. The van der Waals surface area contributed by atoms with Gasteiger partial charge in [0.2, 0.25) is 5.71 Å². The first-order chi connectivity index (χ1) is 13.5. The van der Waals surface area contributed by atoms with E-state index < -0.39 is 5.82 Å². The number of anilines is 1. The number of carbonyl (C=O) groups excluding carboxylic acids is 1. The van der Waals surface area contributed by atoms with Gasteiger partial charge in [0.15, 0.2) is 17.3 Å². The molecule has 0 saturated heterocycles. The lowest BCUT2D eigenvalue weighted by atomic mass is 10.0. The topological polar surface area (TPSA) is 77.3 Å². The minimum Gasteiger partial charge on any atom is -0.491 e. The predicted octanol–water partition coefficient (Wildman–Crippen LogP) is 4.68. The number of benzene rings is 1. The van der Waals surface area contributed by atoms with Crippen LogP contribution in [-0.2, 0) is 0 Å². The highest BCUT2D eigenvalue weighted by Gasteiger charge is 2.38. The maximum absolute atomic E-state index is 13.6. The van der Waals surface area contributed by atoms with Gasteiger partial charge in [-0.1, -0.05) is 12.1 Å². The van der Waals surface area contributed by atoms with E-state index >= 15 is 0 Å². The summed E-state index contributed by atoms with van der Waals surface area (Å²) in [4.78, 5) is 21.4. The Bertz CT molecular complexity index is 1030. The Morgan fingerprint density at radius 1 is 1.32 bits per heavy atom. The molecule has 0 unspecified atom stereocenters. The Morgan fingerprint density at radius 3 is 2.86 bits per heavy atom. The number of fused-ring (bicyclic) bond motifs is 1. The van der Waals surface area contributed by atoms with E-state index in [1.54, 1.807) is 25.1 Å². The lowest BCUT2D eigenvalue weighted by Crippen LogP contribution is -2.17. The average molecular weight is 383 g/mol. The number of aryl methyl sites for hydroxylation is 1. The zero-order chi connectivity index (χ0) is 19.7. The third-order valence-electron chi connectivity index (χ3n) is 5.01. The maximum atomic E-state index is 13.6. The number of nitrogens with one attached hydrogen (secondary N) is 1. The van der Waals surface area contributed by atoms with Crippen LogP contribution in [0.4, 0.5) is 10.2 Å². The van der Waals surface area contributed by atoms with Crippen LogP contribution in [0, 0.1) is 12.7 Å². The van der Waals surface area contributed by atoms with Crippen LogP contribution < -0.4 is 10.1 Å². The van der Waals surface area contributed by atoms with E-state index in [2.05, 4.69) is 22.2 Å². The molecule has 1 aliphatic rings. The number of carbonyl (C=O) groups is 1. The van der Waals surface area contributed by atoms with Crippen molar-refractivity contribution in [1.29, 1.82) is 0 Å². The molecular weight excluding hydrogens is 361 g/mol. The highest BCUT2D eigenvalue weighted by molar-refractivity contribution is 6.11. The Balaban J connectivity index is 1.47. The first-order valence-corrected chi connectivity index (χ1v) is 9.40. The van der Waals surface area contributed by atoms with Crippen molar-refractivity contribution in [3.8, 4) is 5.75 Å². The number of furan rings is 1. The molecule has 2 heterocycles. The van der Waals surface area contributed by atoms with Gasteiger partial charge in [0.1, 0.15) is 17.9 Å². The average Bonchev–Trinajstić information content (AvgIpc) is 3.28. The van der Waals surface area contributed by atoms with Crippen LogP contribution in [0.3, 0.4) is 0 Å². The fourth-order valence-electron chi connectivity index (χ4n) is 3.17. The molecule has 1 aliphatic carbocycles. The van der Waals surface area contributed by atoms with E-state index in [0.717, 1.165) is 12.8 Å². The van der Waals surface area contributed by atoms with Crippen molar-refractivity contribution in [3.63, 3.8) is 0 Å². The summed E-state index contributed by atoms with van der Waals surface area (Å²) >= 11 is 0. The lowest BCUT2D eigenvalue weighted by Gasteiger charge is -2.13. The third kappa shape index (κ3) is 3.69. The molecule has 0 atom stereocenters. The summed E-state index contributed by atoms with van der Waals surface area (Å²) in [6.45, 7) is 4.13. The number of nitrogens with zero attached hydrogens (tertiary/aromatic N) is 2. The number of aromatic nitrogens is 2. The molecule has 1 N–H and O–H groups in total. The minimum absolute atomic E-state index is 0.0143. The molecule has 28 heavy (non-hydrogen) atoms. The fraction of sp³-hybridized carbons (Fsp3) is 0.381. The molecule has 0 bridgehead atoms. The first-order valence-electron chi connectivity index (χ1n) is 9.40. The summed E-state index contributed by atoms with van der Waals surface area (Å²) in [6.07, 6.45) is 4.29. The number of Topliss-reactive ketones (excluding diaryl/α,β-unsaturated/α-hetero) is 1. The number of ether oxygens (including phenoxy) is 1. The van der Waals surface area contributed by atoms with Gasteiger partial charge in [0, 0.05) is 12.0 Å². The molecule has 0 spiro atoms. The molecule has 3 aromatic rings. The summed E-state index contributed by atoms with van der Waals surface area (Å²) < 4.78 is 24.7. The molecule has 6 nitrogen and oxygen atoms in total. The van der Waals surface area contributed by atoms with E-state index in [1.165, 1.54) is 12.4 Å². The van der Waals surface area contributed by atoms with Crippen LogP contribution in [0.5, 0.6) is 5.75 Å². The van der Waals surface area contributed by atoms with Gasteiger partial charge in [-0.05, 0) is 45.2 Å². The normalized spacial score (nSPS) is 14.8. The number of hydrogen-bond acceptors (Lipinski definition) is 6. The summed E-state index contributed by atoms with van der Waals surface area (Å²) in [7, 11) is 0. The van der Waals surface area contributed by atoms with Crippen molar-refractivity contribution in [2.45, 2.75) is 45.1 Å². The van der Waals surface area contributed by atoms with Gasteiger partial charge in [-0.25, -0.2) is 14.4 Å². The number of hydrogen-bond donors (Lipinski definition) is 1. The second kappa shape index (κ2) is 7.22. The SMILES string of the molecule is Cc1oc2ncnc(NC3(C)CC3)c2c1C(=O)CCCOc1ccccc1F. The Morgan fingerprint density at radius 2 is 2.11 bits per heavy atom. The second-order valence-electron chi connectivity index (χ2n) is 7.43. The van der Waals surface area contributed by atoms with Crippen LogP contribution in [0.1, 0.15) is 48.7 Å². The quantitative estimate of drug-likeness (QED) is 0.450. The molecule has 0 aliphatic heterocycles. The smallest absolute Gasteiger partial charge is 0.232 e. The molecule has 2 aromatic heterocycles. The highest BCUT2D eigenvalue weighted by Crippen LogP contribution is 2.40. The van der Waals surface area contributed by atoms with Gasteiger partial charge < -0.3 is 14.5 Å². The zero-order valence-electron chi connectivity index (χ0n) is 15.9. The monoisotopic (exact) mass is 383 g/mol. The van der Waals surface area contributed by atoms with E-state index in [1.807, 2.05) is 0 Å². The Labute approximate surface area is 162 Å². The van der Waals surface area contributed by atoms with Crippen LogP contribution in [0.15, 0.2) is 35.0 Å². The van der Waals surface area contributed by atoms with Gasteiger partial charge in [-0.15, -0.1) is 0 Å². The highest BCUT2D eigenvalue weighted by atomic mass is 19.1. The maximum Gasteiger partial charge on any atom is 0.232 e. The summed E-state index contributed by atoms with van der Waals surface area (Å²) in [5, 5.41) is 4.04. The number of ketones is 1. The van der Waals surface area contributed by atoms with Gasteiger partial charge in [0.05, 0.1) is 17.6 Å². The van der Waals surface area contributed by atoms with Crippen molar-refractivity contribution in [3.05, 3.63) is 47.7 Å². The van der Waals surface area contributed by atoms with E-state index in [0.29, 0.717) is 34.7 Å². The number of para-hydroxylation sites is 1. The van der Waals surface area contributed by atoms with Crippen LogP contribution in [0.25, 0.3) is 11.1 Å². The first kappa shape index (κ1) is 18.4. The van der Waals surface area contributed by atoms with Gasteiger partial charge in [-0.3, -0.25) is 4.79 Å². The third-order valence-corrected chi connectivity index (χ3v) is 5.01. The molecular formula is C21H22FN3O3. The molecule has 1 aromatic carbocycles. The second-order valence-corrected chi connectivity index (χ2v) is 7.43. The molecule has 7 heteroatoms. The van der Waals surface area contributed by atoms with Crippen molar-refractivity contribution in [2.24, 2.45) is 0 Å². The standard InChI is InChI=1S/C21H22FN3O3/c1-13-17(15(26)7-5-11-27-16-8-4-3-6-14(16)22)18-19(25-21(2)9-10-21)23-12-24-20(18)28-13/h3-4,6,8,12H,5,7,9-11H2,1-2H3,(H,23,24,25). The summed E-state index contributed by atoms with van der Waals surface area (Å²) in [6, 6.07) is 6.22. The van der Waals surface area contributed by atoms with E-state index in [9.17, 15) is 9.18 Å². The van der Waals surface area contributed by atoms with Crippen molar-refractivity contribution < 1.29 is 18.3 Å². The molecule has 1 saturated carbocycles. The van der Waals surface area contributed by atoms with Crippen molar-refractivity contribution in [2.75, 3.05) is 11.9 Å². The predicted molar refractivity (Wildman–Crippen MR) is 103 cm³/mol. The molecule has 146 valence electrons. The van der Waals surface area contributed by atoms with Gasteiger partial charge in [-0.2, -0.15) is 0 Å². The van der Waals surface area contributed by atoms with Crippen molar-refractivity contribution >= 4 is 22.7 Å². The Hall–Kier alpha value is -2.96. The lowest BCUT2D eigenvalue weighted by molar-refractivity contribution is 0.0973. The minimum atomic E-state index is -0.410. The zero-order valence-corrected chi connectivity index (χ0v) is 15.9. The van der Waals surface area contributed by atoms with Crippen LogP contribution in [0.2, 0.25) is 0 Å². The van der Waals surface area contributed by atoms with Gasteiger partial charge in [0.25, 0.3) is 0 Å². The van der Waals surface area contributed by atoms with Crippen molar-refractivity contribution in [1.82, 2.24) is 9.97 Å². The Kier molecular flexibility index (Phi) is 4.75. The van der Waals surface area contributed by atoms with Crippen LogP contribution >= 0.6 is 0 Å². The largest absolute Gasteiger partial charge is 0.491 e. The van der Waals surface area contributed by atoms with Crippen LogP contribution in [-0.4, -0.2) is 27.9 Å². The molecule has 1 fully saturated rings. The fourth-order valence-corrected chi connectivity index (χ4v) is 3.17. The molecule has 0 radical (unpaired) electrons. The summed E-state index contributed by atoms with van der Waals surface area (Å²) in [5.74, 6) is 0.879. The number of rotatable bonds is 8. The van der Waals surface area contributed by atoms with E-state index in [-0.39, 0.29) is 30.1 Å². The molecule has 4 rings (SSSR count).